The van der Waals surface area contributed by atoms with Crippen molar-refractivity contribution >= 4 is 44.4 Å². The number of anilines is 1. The van der Waals surface area contributed by atoms with Gasteiger partial charge >= 0.3 is 12.1 Å². The van der Waals surface area contributed by atoms with Gasteiger partial charge in [-0.25, -0.2) is 13.6 Å². The second-order valence-electron chi connectivity index (χ2n) is 8.28. The number of morpholine rings is 1. The Morgan fingerprint density at radius 3 is 2.57 bits per heavy atom. The molecule has 0 radical (unpaired) electrons. The number of hydrogen-bond donors (Lipinski definition) is 2. The second-order valence-corrected chi connectivity index (χ2v) is 9.14. The third-order valence-corrected chi connectivity index (χ3v) is 6.57. The summed E-state index contributed by atoms with van der Waals surface area (Å²) in [6, 6.07) is 4.19. The molecular formula is C24H19BrF5N3O4. The lowest BCUT2D eigenvalue weighted by atomic mass is 10.0. The molecule has 2 heterocycles. The number of rotatable bonds is 6. The fourth-order valence-electron chi connectivity index (χ4n) is 4.15. The Kier molecular flexibility index (Phi) is 7.64. The number of nitrogens with one attached hydrogen (secondary N) is 1. The molecule has 0 saturated carbocycles. The summed E-state index contributed by atoms with van der Waals surface area (Å²) in [5.41, 5.74) is -0.445. The highest BCUT2D eigenvalue weighted by molar-refractivity contribution is 9.10. The summed E-state index contributed by atoms with van der Waals surface area (Å²) in [5.74, 6) is -5.67. The van der Waals surface area contributed by atoms with Crippen LogP contribution in [0.4, 0.5) is 27.6 Å². The molecule has 2 atom stereocenters. The number of hydrogen-bond acceptors (Lipinski definition) is 5. The van der Waals surface area contributed by atoms with E-state index in [9.17, 15) is 36.6 Å². The SMILES string of the molecule is O=C(NC(Cc1ccc(Br)c2ncccc12)C(=O)O)c1c(F)cc(N2CCOCC2C(F)(F)F)cc1F. The summed E-state index contributed by atoms with van der Waals surface area (Å²) in [4.78, 5) is 29.6. The summed E-state index contributed by atoms with van der Waals surface area (Å²) < 4.78 is 75.4. The summed E-state index contributed by atoms with van der Waals surface area (Å²) in [5, 5.41) is 12.4. The number of carboxylic acids is 1. The van der Waals surface area contributed by atoms with Gasteiger partial charge in [-0.05, 0) is 45.8 Å². The van der Waals surface area contributed by atoms with Crippen LogP contribution in [0.1, 0.15) is 15.9 Å². The Labute approximate surface area is 215 Å². The monoisotopic (exact) mass is 587 g/mol. The zero-order valence-electron chi connectivity index (χ0n) is 18.9. The Morgan fingerprint density at radius 2 is 1.92 bits per heavy atom. The molecule has 7 nitrogen and oxygen atoms in total. The molecule has 1 saturated heterocycles. The molecule has 1 amide bonds. The van der Waals surface area contributed by atoms with E-state index in [-0.39, 0.29) is 19.6 Å². The molecule has 1 aliphatic heterocycles. The van der Waals surface area contributed by atoms with Crippen molar-refractivity contribution in [1.29, 1.82) is 0 Å². The van der Waals surface area contributed by atoms with Crippen LogP contribution >= 0.6 is 15.9 Å². The lowest BCUT2D eigenvalue weighted by molar-refractivity contribution is -0.167. The quantitative estimate of drug-likeness (QED) is 0.414. The molecule has 1 aromatic heterocycles. The van der Waals surface area contributed by atoms with Gasteiger partial charge in [-0.3, -0.25) is 9.78 Å². The maximum atomic E-state index is 14.9. The normalized spacial score (nSPS) is 17.0. The second kappa shape index (κ2) is 10.6. The number of fused-ring (bicyclic) bond motifs is 1. The topological polar surface area (TPSA) is 91.8 Å². The summed E-state index contributed by atoms with van der Waals surface area (Å²) in [6.45, 7) is -1.07. The van der Waals surface area contributed by atoms with E-state index in [0.717, 1.165) is 4.90 Å². The standard InChI is InChI=1S/C24H19BrF5N3O4/c25-15-4-3-12(14-2-1-5-31-21(14)15)8-18(23(35)36)32-22(34)20-16(26)9-13(10-17(20)27)33-6-7-37-11-19(33)24(28,29)30/h1-5,9-10,18-19H,6-8,11H2,(H,32,34)(H,35,36). The number of carbonyl (C=O) groups excluding carboxylic acids is 1. The molecule has 0 aliphatic carbocycles. The van der Waals surface area contributed by atoms with Gasteiger partial charge in [0.05, 0.1) is 18.7 Å². The van der Waals surface area contributed by atoms with Gasteiger partial charge in [0.15, 0.2) is 0 Å². The molecule has 0 spiro atoms. The van der Waals surface area contributed by atoms with Crippen LogP contribution in [0.25, 0.3) is 10.9 Å². The van der Waals surface area contributed by atoms with Crippen molar-refractivity contribution in [2.45, 2.75) is 24.7 Å². The number of carboxylic acid groups (broad SMARTS) is 1. The van der Waals surface area contributed by atoms with Crippen molar-refractivity contribution in [2.75, 3.05) is 24.7 Å². The number of aromatic nitrogens is 1. The Bertz CT molecular complexity index is 1330. The van der Waals surface area contributed by atoms with Crippen LogP contribution in [0.3, 0.4) is 0 Å². The molecule has 2 unspecified atom stereocenters. The number of alkyl halides is 3. The van der Waals surface area contributed by atoms with Crippen molar-refractivity contribution in [3.05, 3.63) is 69.8 Å². The number of nitrogens with zero attached hydrogens (tertiary/aromatic N) is 2. The fourth-order valence-corrected chi connectivity index (χ4v) is 4.60. The van der Waals surface area contributed by atoms with Gasteiger partial charge in [0.2, 0.25) is 0 Å². The van der Waals surface area contributed by atoms with E-state index in [1.807, 2.05) is 0 Å². The Hall–Kier alpha value is -3.32. The van der Waals surface area contributed by atoms with E-state index >= 15 is 0 Å². The molecular weight excluding hydrogens is 569 g/mol. The number of ether oxygens (including phenoxy) is 1. The molecule has 0 bridgehead atoms. The van der Waals surface area contributed by atoms with Gasteiger partial charge in [-0.1, -0.05) is 12.1 Å². The maximum Gasteiger partial charge on any atom is 0.411 e. The highest BCUT2D eigenvalue weighted by Gasteiger charge is 2.45. The molecule has 1 fully saturated rings. The number of halogens is 6. The predicted octanol–water partition coefficient (Wildman–Crippen LogP) is 4.47. The van der Waals surface area contributed by atoms with Crippen LogP contribution in [-0.2, 0) is 16.0 Å². The van der Waals surface area contributed by atoms with Crippen LogP contribution < -0.4 is 10.2 Å². The van der Waals surface area contributed by atoms with Crippen LogP contribution in [-0.4, -0.2) is 60.0 Å². The van der Waals surface area contributed by atoms with Gasteiger partial charge in [0.1, 0.15) is 29.3 Å². The molecule has 37 heavy (non-hydrogen) atoms. The summed E-state index contributed by atoms with van der Waals surface area (Å²) in [6.07, 6.45) is -3.39. The Balaban J connectivity index is 1.59. The zero-order valence-corrected chi connectivity index (χ0v) is 20.4. The van der Waals surface area contributed by atoms with E-state index in [1.54, 1.807) is 30.5 Å². The van der Waals surface area contributed by atoms with Crippen LogP contribution in [0.2, 0.25) is 0 Å². The first kappa shape index (κ1) is 26.7. The largest absolute Gasteiger partial charge is 0.480 e. The number of amides is 1. The molecule has 2 N–H and O–H groups in total. The van der Waals surface area contributed by atoms with E-state index in [1.165, 1.54) is 0 Å². The minimum absolute atomic E-state index is 0.0847. The lowest BCUT2D eigenvalue weighted by Crippen LogP contribution is -2.53. The first-order chi connectivity index (χ1) is 17.5. The van der Waals surface area contributed by atoms with Crippen molar-refractivity contribution in [1.82, 2.24) is 10.3 Å². The third-order valence-electron chi connectivity index (χ3n) is 5.93. The minimum Gasteiger partial charge on any atom is -0.480 e. The Morgan fingerprint density at radius 1 is 1.22 bits per heavy atom. The van der Waals surface area contributed by atoms with Gasteiger partial charge in [0.25, 0.3) is 5.91 Å². The van der Waals surface area contributed by atoms with Gasteiger partial charge in [0, 0.05) is 34.7 Å². The molecule has 4 rings (SSSR count). The molecule has 2 aromatic carbocycles. The smallest absolute Gasteiger partial charge is 0.411 e. The number of aliphatic carboxylic acids is 1. The maximum absolute atomic E-state index is 14.9. The van der Waals surface area contributed by atoms with E-state index in [0.29, 0.717) is 33.1 Å². The average molecular weight is 588 g/mol. The van der Waals surface area contributed by atoms with Crippen LogP contribution in [0.15, 0.2) is 47.1 Å². The summed E-state index contributed by atoms with van der Waals surface area (Å²) >= 11 is 3.36. The van der Waals surface area contributed by atoms with Gasteiger partial charge in [-0.2, -0.15) is 13.2 Å². The molecule has 3 aromatic rings. The average Bonchev–Trinajstić information content (AvgIpc) is 2.84. The highest BCUT2D eigenvalue weighted by atomic mass is 79.9. The predicted molar refractivity (Wildman–Crippen MR) is 126 cm³/mol. The van der Waals surface area contributed by atoms with Crippen molar-refractivity contribution < 1.29 is 41.4 Å². The van der Waals surface area contributed by atoms with Crippen LogP contribution in [0.5, 0.6) is 0 Å². The minimum atomic E-state index is -4.72. The number of carbonyl (C=O) groups is 2. The number of benzene rings is 2. The highest BCUT2D eigenvalue weighted by Crippen LogP contribution is 2.33. The van der Waals surface area contributed by atoms with Crippen LogP contribution in [0, 0.1) is 11.6 Å². The fraction of sp³-hybridized carbons (Fsp3) is 0.292. The van der Waals surface area contributed by atoms with Crippen molar-refractivity contribution in [2.24, 2.45) is 0 Å². The van der Waals surface area contributed by atoms with E-state index in [2.05, 4.69) is 26.2 Å². The molecule has 196 valence electrons. The van der Waals surface area contributed by atoms with Crippen molar-refractivity contribution in [3.63, 3.8) is 0 Å². The first-order valence-corrected chi connectivity index (χ1v) is 11.7. The number of pyridine rings is 1. The molecule has 1 aliphatic rings. The zero-order chi connectivity index (χ0) is 26.9. The molecule has 13 heteroatoms. The van der Waals surface area contributed by atoms with E-state index < -0.39 is 59.6 Å². The lowest BCUT2D eigenvalue weighted by Gasteiger charge is -2.38. The van der Waals surface area contributed by atoms with Gasteiger partial charge in [-0.15, -0.1) is 0 Å². The first-order valence-electron chi connectivity index (χ1n) is 10.9. The van der Waals surface area contributed by atoms with Gasteiger partial charge < -0.3 is 20.1 Å². The summed E-state index contributed by atoms with van der Waals surface area (Å²) in [7, 11) is 0. The van der Waals surface area contributed by atoms with E-state index in [4.69, 9.17) is 4.74 Å². The third kappa shape index (κ3) is 5.67. The van der Waals surface area contributed by atoms with Crippen molar-refractivity contribution in [3.8, 4) is 0 Å².